The summed E-state index contributed by atoms with van der Waals surface area (Å²) in [7, 11) is 0. The van der Waals surface area contributed by atoms with Crippen LogP contribution in [-0.4, -0.2) is 20.3 Å². The third kappa shape index (κ3) is 5.63. The third-order valence-corrected chi connectivity index (χ3v) is 5.76. The summed E-state index contributed by atoms with van der Waals surface area (Å²) in [5.41, 5.74) is 2.54. The zero-order valence-electron chi connectivity index (χ0n) is 17.7. The highest BCUT2D eigenvalue weighted by Gasteiger charge is 2.17. The number of ether oxygens (including phenoxy) is 1. The fraction of sp³-hybridized carbons (Fsp3) is 0.125. The molecule has 0 saturated carbocycles. The minimum Gasteiger partial charge on any atom is -0.486 e. The molecule has 1 aromatic heterocycles. The van der Waals surface area contributed by atoms with E-state index in [2.05, 4.69) is 10.4 Å². The number of carbonyl (C=O) groups excluding carboxylic acids is 1. The van der Waals surface area contributed by atoms with Crippen LogP contribution in [0.15, 0.2) is 72.8 Å². The van der Waals surface area contributed by atoms with Gasteiger partial charge in [-0.15, -0.1) is 0 Å². The number of benzene rings is 3. The highest BCUT2D eigenvalue weighted by atomic mass is 35.5. The van der Waals surface area contributed by atoms with Crippen molar-refractivity contribution in [2.45, 2.75) is 20.1 Å². The molecule has 0 saturated heterocycles. The number of nitrogens with one attached hydrogen (secondary N) is 1. The highest BCUT2D eigenvalue weighted by Crippen LogP contribution is 2.20. The molecule has 0 atom stereocenters. The van der Waals surface area contributed by atoms with E-state index in [0.29, 0.717) is 32.1 Å². The van der Waals surface area contributed by atoms with Crippen LogP contribution in [0.1, 0.15) is 11.4 Å². The second-order valence-electron chi connectivity index (χ2n) is 7.28. The van der Waals surface area contributed by atoms with Crippen molar-refractivity contribution in [3.05, 3.63) is 99.0 Å². The number of nitrogens with zero attached hydrogens (tertiary/aromatic N) is 3. The van der Waals surface area contributed by atoms with E-state index < -0.39 is 0 Å². The van der Waals surface area contributed by atoms with Crippen LogP contribution in [0, 0.1) is 11.7 Å². The molecule has 6 nitrogen and oxygen atoms in total. The molecule has 0 bridgehead atoms. The molecule has 4 rings (SSSR count). The van der Waals surface area contributed by atoms with Gasteiger partial charge < -0.3 is 10.1 Å². The van der Waals surface area contributed by atoms with E-state index in [1.54, 1.807) is 48.5 Å². The molecule has 33 heavy (non-hydrogen) atoms. The highest BCUT2D eigenvalue weighted by molar-refractivity contribution is 7.71. The molecule has 168 valence electrons. The van der Waals surface area contributed by atoms with Crippen LogP contribution in [0.4, 0.5) is 5.69 Å². The standard InChI is InChI=1S/C24H20Cl2N4O2S/c1-16-4-2-3-5-21(16)30-22(15-32-20-12-8-18(26)9-13-20)28-29(24(30)33)14-23(31)27-19-10-6-17(25)7-11-19/h2-13H,14-15H2,1H3,(H,27,31). The SMILES string of the molecule is Cc1ccccc1-n1c(COc2ccc(Cl)cc2)nn(CC(=O)Nc2ccc(Cl)cc2)c1=S. The normalized spacial score (nSPS) is 10.8. The summed E-state index contributed by atoms with van der Waals surface area (Å²) in [5.74, 6) is 0.966. The lowest BCUT2D eigenvalue weighted by Gasteiger charge is -2.10. The number of aromatic nitrogens is 3. The maximum atomic E-state index is 12.7. The Morgan fingerprint density at radius 1 is 1.00 bits per heavy atom. The van der Waals surface area contributed by atoms with Crippen LogP contribution in [-0.2, 0) is 17.9 Å². The van der Waals surface area contributed by atoms with Gasteiger partial charge in [0.25, 0.3) is 0 Å². The first-order valence-electron chi connectivity index (χ1n) is 10.1. The number of carbonyl (C=O) groups is 1. The van der Waals surface area contributed by atoms with Gasteiger partial charge in [0.15, 0.2) is 5.82 Å². The molecule has 0 aliphatic carbocycles. The molecule has 0 unspecified atom stereocenters. The number of hydrogen-bond donors (Lipinski definition) is 1. The number of rotatable bonds is 7. The third-order valence-electron chi connectivity index (χ3n) is 4.87. The summed E-state index contributed by atoms with van der Waals surface area (Å²) in [6, 6.07) is 21.8. The fourth-order valence-corrected chi connectivity index (χ4v) is 3.82. The van der Waals surface area contributed by atoms with Crippen LogP contribution >= 0.6 is 35.4 Å². The van der Waals surface area contributed by atoms with E-state index >= 15 is 0 Å². The number of halogens is 2. The fourth-order valence-electron chi connectivity index (χ4n) is 3.25. The van der Waals surface area contributed by atoms with Gasteiger partial charge in [-0.1, -0.05) is 41.4 Å². The lowest BCUT2D eigenvalue weighted by Crippen LogP contribution is -2.19. The van der Waals surface area contributed by atoms with Crippen molar-refractivity contribution >= 4 is 47.0 Å². The van der Waals surface area contributed by atoms with E-state index in [0.717, 1.165) is 11.3 Å². The Labute approximate surface area is 206 Å². The van der Waals surface area contributed by atoms with Crippen molar-refractivity contribution in [3.63, 3.8) is 0 Å². The second kappa shape index (κ2) is 10.2. The van der Waals surface area contributed by atoms with E-state index in [1.807, 2.05) is 35.8 Å². The zero-order valence-corrected chi connectivity index (χ0v) is 20.0. The lowest BCUT2D eigenvalue weighted by molar-refractivity contribution is -0.116. The van der Waals surface area contributed by atoms with E-state index in [4.69, 9.17) is 40.2 Å². The van der Waals surface area contributed by atoms with Gasteiger partial charge in [0.1, 0.15) is 18.9 Å². The van der Waals surface area contributed by atoms with Crippen molar-refractivity contribution in [3.8, 4) is 11.4 Å². The number of anilines is 1. The summed E-state index contributed by atoms with van der Waals surface area (Å²) in [6.45, 7) is 2.10. The predicted molar refractivity (Wildman–Crippen MR) is 133 cm³/mol. The Bertz CT molecular complexity index is 1330. The van der Waals surface area contributed by atoms with Crippen LogP contribution < -0.4 is 10.1 Å². The van der Waals surface area contributed by atoms with Crippen molar-refractivity contribution in [1.29, 1.82) is 0 Å². The maximum absolute atomic E-state index is 12.7. The zero-order chi connectivity index (χ0) is 23.4. The largest absolute Gasteiger partial charge is 0.486 e. The molecular weight excluding hydrogens is 479 g/mol. The maximum Gasteiger partial charge on any atom is 0.246 e. The van der Waals surface area contributed by atoms with Gasteiger partial charge >= 0.3 is 0 Å². The van der Waals surface area contributed by atoms with Gasteiger partial charge in [0.05, 0.1) is 5.69 Å². The number of aryl methyl sites for hydroxylation is 1. The molecule has 3 aromatic carbocycles. The predicted octanol–water partition coefficient (Wildman–Crippen LogP) is 6.24. The van der Waals surface area contributed by atoms with Gasteiger partial charge in [-0.3, -0.25) is 9.36 Å². The number of amides is 1. The van der Waals surface area contributed by atoms with Gasteiger partial charge in [0, 0.05) is 15.7 Å². The summed E-state index contributed by atoms with van der Waals surface area (Å²) < 4.78 is 9.63. The minimum atomic E-state index is -0.256. The second-order valence-corrected chi connectivity index (χ2v) is 8.51. The van der Waals surface area contributed by atoms with Crippen molar-refractivity contribution in [2.24, 2.45) is 0 Å². The van der Waals surface area contributed by atoms with Crippen molar-refractivity contribution in [2.75, 3.05) is 5.32 Å². The molecular formula is C24H20Cl2N4O2S. The molecule has 4 aromatic rings. The Balaban J connectivity index is 1.62. The number of para-hydroxylation sites is 1. The molecule has 0 spiro atoms. The first kappa shape index (κ1) is 23.0. The molecule has 1 amide bonds. The molecule has 9 heteroatoms. The molecule has 0 fully saturated rings. The Morgan fingerprint density at radius 2 is 1.64 bits per heavy atom. The van der Waals surface area contributed by atoms with Crippen molar-refractivity contribution in [1.82, 2.24) is 14.3 Å². The molecule has 1 heterocycles. The molecule has 1 N–H and O–H groups in total. The summed E-state index contributed by atoms with van der Waals surface area (Å²) in [5, 5.41) is 8.65. The molecule has 0 aliphatic rings. The number of hydrogen-bond acceptors (Lipinski definition) is 4. The first-order valence-corrected chi connectivity index (χ1v) is 11.3. The van der Waals surface area contributed by atoms with Crippen molar-refractivity contribution < 1.29 is 9.53 Å². The quantitative estimate of drug-likeness (QED) is 0.306. The van der Waals surface area contributed by atoms with Crippen LogP contribution in [0.2, 0.25) is 10.0 Å². The van der Waals surface area contributed by atoms with Crippen LogP contribution in [0.5, 0.6) is 5.75 Å². The average Bonchev–Trinajstić information content (AvgIpc) is 3.10. The van der Waals surface area contributed by atoms with Gasteiger partial charge in [-0.25, -0.2) is 4.68 Å². The van der Waals surface area contributed by atoms with E-state index in [9.17, 15) is 4.79 Å². The Morgan fingerprint density at radius 3 is 2.30 bits per heavy atom. The first-order chi connectivity index (χ1) is 15.9. The van der Waals surface area contributed by atoms with E-state index in [1.165, 1.54) is 4.68 Å². The van der Waals surface area contributed by atoms with Gasteiger partial charge in [0.2, 0.25) is 10.7 Å². The van der Waals surface area contributed by atoms with Gasteiger partial charge in [-0.2, -0.15) is 5.10 Å². The topological polar surface area (TPSA) is 61.1 Å². The monoisotopic (exact) mass is 498 g/mol. The molecule has 0 aliphatic heterocycles. The minimum absolute atomic E-state index is 0.0473. The smallest absolute Gasteiger partial charge is 0.246 e. The molecule has 0 radical (unpaired) electrons. The summed E-state index contributed by atoms with van der Waals surface area (Å²) in [4.78, 5) is 12.7. The van der Waals surface area contributed by atoms with Crippen LogP contribution in [0.3, 0.4) is 0 Å². The lowest BCUT2D eigenvalue weighted by atomic mass is 10.2. The average molecular weight is 499 g/mol. The van der Waals surface area contributed by atoms with Crippen LogP contribution in [0.25, 0.3) is 5.69 Å². The summed E-state index contributed by atoms with van der Waals surface area (Å²) in [6.07, 6.45) is 0. The Kier molecular flexibility index (Phi) is 7.13. The Hall–Kier alpha value is -3.13. The summed E-state index contributed by atoms with van der Waals surface area (Å²) >= 11 is 17.6. The van der Waals surface area contributed by atoms with E-state index in [-0.39, 0.29) is 19.1 Å². The van der Waals surface area contributed by atoms with Gasteiger partial charge in [-0.05, 0) is 79.3 Å².